The number of sulfonamides is 1. The van der Waals surface area contributed by atoms with E-state index in [2.05, 4.69) is 10.3 Å². The van der Waals surface area contributed by atoms with Crippen molar-refractivity contribution in [3.8, 4) is 0 Å². The second-order valence-corrected chi connectivity index (χ2v) is 8.85. The van der Waals surface area contributed by atoms with E-state index < -0.39 is 26.6 Å². The fraction of sp³-hybridized carbons (Fsp3) is 0.238. The highest BCUT2D eigenvalue weighted by atomic mass is 32.2. The molecule has 0 radical (unpaired) electrons. The molecule has 30 heavy (non-hydrogen) atoms. The molecule has 2 heterocycles. The van der Waals surface area contributed by atoms with E-state index in [0.29, 0.717) is 22.2 Å². The van der Waals surface area contributed by atoms with Gasteiger partial charge in [-0.3, -0.25) is 9.78 Å². The number of hydrogen-bond acceptors (Lipinski definition) is 5. The summed E-state index contributed by atoms with van der Waals surface area (Å²) in [6, 6.07) is 12.4. The number of nitrogens with zero attached hydrogens (tertiary/aromatic N) is 2. The first kappa shape index (κ1) is 20.4. The maximum Gasteiger partial charge on any atom is 0.256 e. The van der Waals surface area contributed by atoms with Crippen LogP contribution in [0.1, 0.15) is 16.1 Å². The number of amides is 1. The minimum atomic E-state index is -4.04. The Hall–Kier alpha value is -2.88. The predicted octanol–water partition coefficient (Wildman–Crippen LogP) is 2.96. The minimum absolute atomic E-state index is 0.153. The Labute approximate surface area is 173 Å². The van der Waals surface area contributed by atoms with Gasteiger partial charge < -0.3 is 10.1 Å². The predicted molar refractivity (Wildman–Crippen MR) is 110 cm³/mol. The van der Waals surface area contributed by atoms with Gasteiger partial charge >= 0.3 is 0 Å². The van der Waals surface area contributed by atoms with Crippen LogP contribution in [0.15, 0.2) is 53.4 Å². The molecule has 4 rings (SSSR count). The fourth-order valence-corrected chi connectivity index (χ4v) is 4.90. The first-order valence-corrected chi connectivity index (χ1v) is 10.9. The van der Waals surface area contributed by atoms with Gasteiger partial charge in [-0.25, -0.2) is 12.8 Å². The highest BCUT2D eigenvalue weighted by Crippen LogP contribution is 2.25. The first-order chi connectivity index (χ1) is 14.4. The third-order valence-corrected chi connectivity index (χ3v) is 6.78. The summed E-state index contributed by atoms with van der Waals surface area (Å²) in [5.74, 6) is -1.30. The van der Waals surface area contributed by atoms with Crippen LogP contribution >= 0.6 is 0 Å². The SMILES string of the molecule is Cc1cc(C(=O)Nc2ccc(F)c(S(=O)(=O)N3CCOCC3)c2)c2ccccc2n1. The normalized spacial score (nSPS) is 15.3. The summed E-state index contributed by atoms with van der Waals surface area (Å²) in [5.41, 5.74) is 1.94. The van der Waals surface area contributed by atoms with Crippen molar-refractivity contribution in [2.24, 2.45) is 0 Å². The lowest BCUT2D eigenvalue weighted by molar-refractivity contribution is 0.0729. The van der Waals surface area contributed by atoms with Gasteiger partial charge in [-0.05, 0) is 37.3 Å². The van der Waals surface area contributed by atoms with Crippen molar-refractivity contribution < 1.29 is 22.3 Å². The van der Waals surface area contributed by atoms with Crippen LogP contribution < -0.4 is 5.32 Å². The van der Waals surface area contributed by atoms with Gasteiger partial charge in [0, 0.05) is 29.9 Å². The second-order valence-electron chi connectivity index (χ2n) is 6.94. The lowest BCUT2D eigenvalue weighted by Crippen LogP contribution is -2.40. The monoisotopic (exact) mass is 429 g/mol. The molecule has 1 aliphatic rings. The second kappa shape index (κ2) is 8.10. The van der Waals surface area contributed by atoms with Crippen molar-refractivity contribution in [1.29, 1.82) is 0 Å². The summed E-state index contributed by atoms with van der Waals surface area (Å²) in [7, 11) is -4.04. The number of halogens is 1. The van der Waals surface area contributed by atoms with E-state index in [9.17, 15) is 17.6 Å². The standard InChI is InChI=1S/C21H20FN3O4S/c1-14-12-17(16-4-2-3-5-19(16)23-14)21(26)24-15-6-7-18(22)20(13-15)30(27,28)25-8-10-29-11-9-25/h2-7,12-13H,8-11H2,1H3,(H,24,26). The van der Waals surface area contributed by atoms with Gasteiger partial charge in [0.1, 0.15) is 10.7 Å². The first-order valence-electron chi connectivity index (χ1n) is 9.41. The molecule has 0 spiro atoms. The third-order valence-electron chi connectivity index (χ3n) is 4.87. The molecule has 0 atom stereocenters. The largest absolute Gasteiger partial charge is 0.379 e. The van der Waals surface area contributed by atoms with Gasteiger partial charge in [-0.1, -0.05) is 18.2 Å². The Morgan fingerprint density at radius 3 is 2.63 bits per heavy atom. The van der Waals surface area contributed by atoms with Crippen LogP contribution in [0.5, 0.6) is 0 Å². The van der Waals surface area contributed by atoms with Crippen LogP contribution in [0.3, 0.4) is 0 Å². The average Bonchev–Trinajstić information content (AvgIpc) is 2.75. The number of anilines is 1. The summed E-state index contributed by atoms with van der Waals surface area (Å²) in [5, 5.41) is 3.35. The Morgan fingerprint density at radius 1 is 1.13 bits per heavy atom. The number of pyridine rings is 1. The molecule has 2 aromatic carbocycles. The molecule has 7 nitrogen and oxygen atoms in total. The molecular formula is C21H20FN3O4S. The zero-order chi connectivity index (χ0) is 21.3. The van der Waals surface area contributed by atoms with Crippen LogP contribution in [-0.2, 0) is 14.8 Å². The number of ether oxygens (including phenoxy) is 1. The Balaban J connectivity index is 1.67. The highest BCUT2D eigenvalue weighted by Gasteiger charge is 2.29. The summed E-state index contributed by atoms with van der Waals surface area (Å²) >= 11 is 0. The molecule has 1 amide bonds. The van der Waals surface area contributed by atoms with Crippen LogP contribution in [0.25, 0.3) is 10.9 Å². The Morgan fingerprint density at radius 2 is 1.87 bits per heavy atom. The van der Waals surface area contributed by atoms with Crippen molar-refractivity contribution >= 4 is 32.5 Å². The van der Waals surface area contributed by atoms with Gasteiger partial charge in [0.05, 0.1) is 24.3 Å². The van der Waals surface area contributed by atoms with Gasteiger partial charge in [-0.15, -0.1) is 0 Å². The molecular weight excluding hydrogens is 409 g/mol. The molecule has 0 unspecified atom stereocenters. The van der Waals surface area contributed by atoms with E-state index in [4.69, 9.17) is 4.74 Å². The molecule has 1 saturated heterocycles. The molecule has 0 aliphatic carbocycles. The van der Waals surface area contributed by atoms with E-state index in [-0.39, 0.29) is 32.0 Å². The third kappa shape index (κ3) is 3.91. The zero-order valence-electron chi connectivity index (χ0n) is 16.3. The van der Waals surface area contributed by atoms with Gasteiger partial charge in [0.2, 0.25) is 10.0 Å². The number of nitrogens with one attached hydrogen (secondary N) is 1. The topological polar surface area (TPSA) is 88.6 Å². The van der Waals surface area contributed by atoms with Gasteiger partial charge in [0.15, 0.2) is 0 Å². The maximum absolute atomic E-state index is 14.4. The lowest BCUT2D eigenvalue weighted by Gasteiger charge is -2.26. The molecule has 156 valence electrons. The van der Waals surface area contributed by atoms with Crippen LogP contribution in [-0.4, -0.2) is 49.9 Å². The lowest BCUT2D eigenvalue weighted by atomic mass is 10.1. The van der Waals surface area contributed by atoms with Gasteiger partial charge in [0.25, 0.3) is 5.91 Å². The number of fused-ring (bicyclic) bond motifs is 1. The zero-order valence-corrected chi connectivity index (χ0v) is 17.1. The number of aromatic nitrogens is 1. The summed E-state index contributed by atoms with van der Waals surface area (Å²) in [4.78, 5) is 16.9. The number of rotatable bonds is 4. The summed E-state index contributed by atoms with van der Waals surface area (Å²) < 4.78 is 46.4. The minimum Gasteiger partial charge on any atom is -0.379 e. The number of benzene rings is 2. The number of hydrogen-bond donors (Lipinski definition) is 1. The summed E-state index contributed by atoms with van der Waals surface area (Å²) in [6.07, 6.45) is 0. The number of carbonyl (C=O) groups excluding carboxylic acids is 1. The van der Waals surface area contributed by atoms with E-state index in [1.165, 1.54) is 10.4 Å². The van der Waals surface area contributed by atoms with Crippen LogP contribution in [0.2, 0.25) is 0 Å². The molecule has 1 aromatic heterocycles. The summed E-state index contributed by atoms with van der Waals surface area (Å²) in [6.45, 7) is 2.60. The smallest absolute Gasteiger partial charge is 0.256 e. The van der Waals surface area contributed by atoms with Crippen molar-refractivity contribution in [2.75, 3.05) is 31.6 Å². The van der Waals surface area contributed by atoms with Crippen molar-refractivity contribution in [3.05, 3.63) is 65.6 Å². The molecule has 9 heteroatoms. The molecule has 0 saturated carbocycles. The van der Waals surface area contributed by atoms with Crippen LogP contribution in [0.4, 0.5) is 10.1 Å². The Kier molecular flexibility index (Phi) is 5.50. The molecule has 1 fully saturated rings. The van der Waals surface area contributed by atoms with E-state index >= 15 is 0 Å². The number of para-hydroxylation sites is 1. The number of aryl methyl sites for hydroxylation is 1. The van der Waals surface area contributed by atoms with E-state index in [0.717, 1.165) is 12.1 Å². The van der Waals surface area contributed by atoms with E-state index in [1.807, 2.05) is 12.1 Å². The maximum atomic E-state index is 14.4. The Bertz CT molecular complexity index is 1220. The van der Waals surface area contributed by atoms with Gasteiger partial charge in [-0.2, -0.15) is 4.31 Å². The van der Waals surface area contributed by atoms with Crippen LogP contribution in [0, 0.1) is 12.7 Å². The fourth-order valence-electron chi connectivity index (χ4n) is 3.40. The number of carbonyl (C=O) groups is 1. The van der Waals surface area contributed by atoms with Crippen molar-refractivity contribution in [2.45, 2.75) is 11.8 Å². The molecule has 3 aromatic rings. The van der Waals surface area contributed by atoms with Crippen molar-refractivity contribution in [3.63, 3.8) is 0 Å². The quantitative estimate of drug-likeness (QED) is 0.689. The van der Waals surface area contributed by atoms with E-state index in [1.54, 1.807) is 25.1 Å². The van der Waals surface area contributed by atoms with Crippen molar-refractivity contribution in [1.82, 2.24) is 9.29 Å². The average molecular weight is 429 g/mol. The molecule has 0 bridgehead atoms. The number of morpholine rings is 1. The highest BCUT2D eigenvalue weighted by molar-refractivity contribution is 7.89. The molecule has 1 N–H and O–H groups in total. The molecule has 1 aliphatic heterocycles.